The zero-order valence-corrected chi connectivity index (χ0v) is 15.9. The molecular weight excluding hydrogens is 357 g/mol. The van der Waals surface area contributed by atoms with Crippen molar-refractivity contribution in [3.05, 3.63) is 63.6 Å². The summed E-state index contributed by atoms with van der Waals surface area (Å²) in [6.45, 7) is 0. The van der Waals surface area contributed by atoms with E-state index in [0.717, 1.165) is 37.1 Å². The SMILES string of the molecule is O=C(CC1CCCC1)NC(Cc1cc(=O)[nH]c(C2CC2)n1)c1ccc(F)cc1. The van der Waals surface area contributed by atoms with Crippen LogP contribution in [0.2, 0.25) is 0 Å². The van der Waals surface area contributed by atoms with Gasteiger partial charge in [0.05, 0.1) is 11.7 Å². The van der Waals surface area contributed by atoms with Gasteiger partial charge in [-0.2, -0.15) is 0 Å². The van der Waals surface area contributed by atoms with Crippen molar-refractivity contribution in [2.24, 2.45) is 5.92 Å². The molecule has 1 amide bonds. The topological polar surface area (TPSA) is 74.8 Å². The molecule has 0 aliphatic heterocycles. The Labute approximate surface area is 163 Å². The first-order chi connectivity index (χ1) is 13.6. The summed E-state index contributed by atoms with van der Waals surface area (Å²) in [7, 11) is 0. The number of aromatic nitrogens is 2. The van der Waals surface area contributed by atoms with Crippen molar-refractivity contribution in [3.63, 3.8) is 0 Å². The van der Waals surface area contributed by atoms with E-state index in [1.54, 1.807) is 12.1 Å². The molecule has 2 N–H and O–H groups in total. The molecule has 148 valence electrons. The number of rotatable bonds is 7. The number of carbonyl (C=O) groups is 1. The second kappa shape index (κ2) is 8.25. The van der Waals surface area contributed by atoms with Gasteiger partial charge in [-0.05, 0) is 49.3 Å². The minimum Gasteiger partial charge on any atom is -0.349 e. The summed E-state index contributed by atoms with van der Waals surface area (Å²) in [6, 6.07) is 7.32. The molecule has 28 heavy (non-hydrogen) atoms. The molecule has 6 heteroatoms. The molecule has 5 nitrogen and oxygen atoms in total. The van der Waals surface area contributed by atoms with E-state index in [4.69, 9.17) is 0 Å². The van der Waals surface area contributed by atoms with Crippen molar-refractivity contribution >= 4 is 5.91 Å². The van der Waals surface area contributed by atoms with Gasteiger partial charge in [0.15, 0.2) is 0 Å². The first-order valence-corrected chi connectivity index (χ1v) is 10.2. The number of aromatic amines is 1. The number of hydrogen-bond donors (Lipinski definition) is 2. The molecule has 1 atom stereocenters. The van der Waals surface area contributed by atoms with Crippen molar-refractivity contribution < 1.29 is 9.18 Å². The molecule has 2 aliphatic carbocycles. The minimum absolute atomic E-state index is 0.00785. The number of benzene rings is 1. The Bertz CT molecular complexity index is 883. The Kier molecular flexibility index (Phi) is 5.55. The zero-order valence-electron chi connectivity index (χ0n) is 15.9. The van der Waals surface area contributed by atoms with E-state index in [9.17, 15) is 14.0 Å². The maximum atomic E-state index is 13.4. The Morgan fingerprint density at radius 1 is 1.18 bits per heavy atom. The van der Waals surface area contributed by atoms with Gasteiger partial charge in [-0.1, -0.05) is 25.0 Å². The van der Waals surface area contributed by atoms with Crippen molar-refractivity contribution in [3.8, 4) is 0 Å². The molecule has 2 fully saturated rings. The van der Waals surface area contributed by atoms with Gasteiger partial charge in [-0.3, -0.25) is 9.59 Å². The molecular formula is C22H26FN3O2. The summed E-state index contributed by atoms with van der Waals surface area (Å²) in [6.07, 6.45) is 7.63. The van der Waals surface area contributed by atoms with Gasteiger partial charge in [0.1, 0.15) is 11.6 Å². The predicted molar refractivity (Wildman–Crippen MR) is 104 cm³/mol. The van der Waals surface area contributed by atoms with Crippen molar-refractivity contribution in [1.29, 1.82) is 0 Å². The number of nitrogens with one attached hydrogen (secondary N) is 2. The third-order valence-electron chi connectivity index (χ3n) is 5.75. The van der Waals surface area contributed by atoms with Crippen molar-refractivity contribution in [2.75, 3.05) is 0 Å². The molecule has 0 spiro atoms. The van der Waals surface area contributed by atoms with Crippen LogP contribution in [0.3, 0.4) is 0 Å². The van der Waals surface area contributed by atoms with E-state index in [2.05, 4.69) is 15.3 Å². The van der Waals surface area contributed by atoms with Crippen LogP contribution < -0.4 is 10.9 Å². The van der Waals surface area contributed by atoms with E-state index in [-0.39, 0.29) is 23.3 Å². The predicted octanol–water partition coefficient (Wildman–Crippen LogP) is 3.77. The highest BCUT2D eigenvalue weighted by Gasteiger charge is 2.27. The molecule has 1 aromatic carbocycles. The third-order valence-corrected chi connectivity index (χ3v) is 5.75. The lowest BCUT2D eigenvalue weighted by Crippen LogP contribution is -2.31. The second-order valence-corrected chi connectivity index (χ2v) is 8.13. The number of hydrogen-bond acceptors (Lipinski definition) is 3. The smallest absolute Gasteiger partial charge is 0.251 e. The largest absolute Gasteiger partial charge is 0.349 e. The quantitative estimate of drug-likeness (QED) is 0.764. The van der Waals surface area contributed by atoms with E-state index in [0.29, 0.717) is 30.4 Å². The number of carbonyl (C=O) groups excluding carboxylic acids is 1. The molecule has 0 saturated heterocycles. The normalized spacial score (nSPS) is 18.2. The van der Waals surface area contributed by atoms with Crippen LogP contribution in [0.5, 0.6) is 0 Å². The van der Waals surface area contributed by atoms with Crippen LogP contribution >= 0.6 is 0 Å². The number of nitrogens with zero attached hydrogens (tertiary/aromatic N) is 1. The lowest BCUT2D eigenvalue weighted by Gasteiger charge is -2.20. The average Bonchev–Trinajstić information content (AvgIpc) is 3.39. The van der Waals surface area contributed by atoms with Crippen LogP contribution in [0.25, 0.3) is 0 Å². The van der Waals surface area contributed by atoms with E-state index in [1.807, 2.05) is 0 Å². The highest BCUT2D eigenvalue weighted by molar-refractivity contribution is 5.76. The van der Waals surface area contributed by atoms with Crippen LogP contribution in [0, 0.1) is 11.7 Å². The fraction of sp³-hybridized carbons (Fsp3) is 0.500. The van der Waals surface area contributed by atoms with Gasteiger partial charge < -0.3 is 10.3 Å². The summed E-state index contributed by atoms with van der Waals surface area (Å²) in [4.78, 5) is 32.1. The van der Waals surface area contributed by atoms with Crippen molar-refractivity contribution in [1.82, 2.24) is 15.3 Å². The Morgan fingerprint density at radius 3 is 2.57 bits per heavy atom. The highest BCUT2D eigenvalue weighted by Crippen LogP contribution is 2.37. The van der Waals surface area contributed by atoms with Crippen LogP contribution in [-0.4, -0.2) is 15.9 Å². The third kappa shape index (κ3) is 4.86. The van der Waals surface area contributed by atoms with E-state index in [1.165, 1.54) is 31.0 Å². The maximum absolute atomic E-state index is 13.4. The van der Waals surface area contributed by atoms with Crippen LogP contribution in [0.15, 0.2) is 35.1 Å². The average molecular weight is 383 g/mol. The summed E-state index contributed by atoms with van der Waals surface area (Å²) < 4.78 is 13.4. The lowest BCUT2D eigenvalue weighted by atomic mass is 9.99. The molecule has 4 rings (SSSR count). The Morgan fingerprint density at radius 2 is 1.89 bits per heavy atom. The minimum atomic E-state index is -0.337. The summed E-state index contributed by atoms with van der Waals surface area (Å²) in [5, 5.41) is 3.10. The Balaban J connectivity index is 1.53. The van der Waals surface area contributed by atoms with E-state index < -0.39 is 0 Å². The zero-order chi connectivity index (χ0) is 19.5. The van der Waals surface area contributed by atoms with Crippen LogP contribution in [0.1, 0.15) is 74.0 Å². The molecule has 1 unspecified atom stereocenters. The number of halogens is 1. The maximum Gasteiger partial charge on any atom is 0.251 e. The summed E-state index contributed by atoms with van der Waals surface area (Å²) >= 11 is 0. The number of H-pyrrole nitrogens is 1. The van der Waals surface area contributed by atoms with Gasteiger partial charge in [0.2, 0.25) is 5.91 Å². The van der Waals surface area contributed by atoms with Crippen LogP contribution in [0.4, 0.5) is 4.39 Å². The lowest BCUT2D eigenvalue weighted by molar-refractivity contribution is -0.122. The summed E-state index contributed by atoms with van der Waals surface area (Å²) in [5.74, 6) is 1.22. The standard InChI is InChI=1S/C22H26FN3O2/c23-17-9-7-15(8-10-17)19(25-20(27)11-14-3-1-2-4-14)12-18-13-21(28)26-22(24-18)16-5-6-16/h7-10,13-14,16,19H,1-6,11-12H2,(H,25,27)(H,24,26,28). The van der Waals surface area contributed by atoms with E-state index >= 15 is 0 Å². The molecule has 2 aromatic rings. The highest BCUT2D eigenvalue weighted by atomic mass is 19.1. The van der Waals surface area contributed by atoms with Gasteiger partial charge in [0.25, 0.3) is 5.56 Å². The first-order valence-electron chi connectivity index (χ1n) is 10.2. The van der Waals surface area contributed by atoms with Crippen molar-refractivity contribution in [2.45, 2.75) is 63.3 Å². The van der Waals surface area contributed by atoms with Gasteiger partial charge >= 0.3 is 0 Å². The fourth-order valence-corrected chi connectivity index (χ4v) is 4.07. The van der Waals surface area contributed by atoms with Gasteiger partial charge in [-0.25, -0.2) is 9.37 Å². The van der Waals surface area contributed by atoms with Gasteiger partial charge in [0, 0.05) is 24.8 Å². The van der Waals surface area contributed by atoms with Crippen LogP contribution in [-0.2, 0) is 11.2 Å². The summed E-state index contributed by atoms with van der Waals surface area (Å²) in [5.41, 5.74) is 1.31. The number of amides is 1. The molecule has 2 saturated carbocycles. The Hall–Kier alpha value is -2.50. The molecule has 0 radical (unpaired) electrons. The first kappa shape index (κ1) is 18.8. The molecule has 1 heterocycles. The molecule has 0 bridgehead atoms. The fourth-order valence-electron chi connectivity index (χ4n) is 4.07. The van der Waals surface area contributed by atoms with Gasteiger partial charge in [-0.15, -0.1) is 0 Å². The molecule has 2 aliphatic rings. The molecule has 1 aromatic heterocycles. The monoisotopic (exact) mass is 383 g/mol. The second-order valence-electron chi connectivity index (χ2n) is 8.13.